The fraction of sp³-hybridized carbons (Fsp3) is 0.500. The molecule has 2 aliphatic heterocycles. The molecule has 0 radical (unpaired) electrons. The second-order valence-corrected chi connectivity index (χ2v) is 7.67. The summed E-state index contributed by atoms with van der Waals surface area (Å²) < 4.78 is 6.94. The van der Waals surface area contributed by atoms with Crippen molar-refractivity contribution in [1.29, 1.82) is 0 Å². The van der Waals surface area contributed by atoms with Gasteiger partial charge in [0.1, 0.15) is 5.02 Å². The number of hydrogen-bond acceptors (Lipinski definition) is 5. The molecule has 7 heteroatoms. The molecule has 1 unspecified atom stereocenters. The van der Waals surface area contributed by atoms with Gasteiger partial charge in [-0.25, -0.2) is 4.68 Å². The summed E-state index contributed by atoms with van der Waals surface area (Å²) in [5, 5.41) is 7.79. The van der Waals surface area contributed by atoms with Gasteiger partial charge in [-0.3, -0.25) is 4.79 Å². The van der Waals surface area contributed by atoms with E-state index in [1.165, 1.54) is 11.3 Å². The summed E-state index contributed by atoms with van der Waals surface area (Å²) in [6, 6.07) is 8.50. The highest BCUT2D eigenvalue weighted by molar-refractivity contribution is 6.32. The second kappa shape index (κ2) is 7.90. The van der Waals surface area contributed by atoms with Crippen LogP contribution in [-0.2, 0) is 4.74 Å². The lowest BCUT2D eigenvalue weighted by Crippen LogP contribution is -2.39. The molecule has 1 N–H and O–H groups in total. The maximum Gasteiger partial charge on any atom is 0.287 e. The van der Waals surface area contributed by atoms with Gasteiger partial charge in [0.05, 0.1) is 24.0 Å². The number of anilines is 2. The number of nitrogens with one attached hydrogen (secondary N) is 1. The first-order valence-electron chi connectivity index (χ1n) is 9.57. The van der Waals surface area contributed by atoms with Gasteiger partial charge in [-0.2, -0.15) is 5.10 Å². The van der Waals surface area contributed by atoms with Gasteiger partial charge < -0.3 is 15.0 Å². The van der Waals surface area contributed by atoms with Gasteiger partial charge in [0, 0.05) is 31.9 Å². The van der Waals surface area contributed by atoms with Crippen LogP contribution in [0.5, 0.6) is 0 Å². The summed E-state index contributed by atoms with van der Waals surface area (Å²) in [5.41, 5.74) is 2.92. The fourth-order valence-electron chi connectivity index (χ4n) is 3.77. The molecule has 1 aromatic heterocycles. The zero-order valence-corrected chi connectivity index (χ0v) is 16.3. The number of rotatable bonds is 5. The van der Waals surface area contributed by atoms with E-state index >= 15 is 0 Å². The molecule has 0 amide bonds. The van der Waals surface area contributed by atoms with Gasteiger partial charge >= 0.3 is 0 Å². The van der Waals surface area contributed by atoms with Crippen LogP contribution < -0.4 is 15.8 Å². The molecular weight excluding hydrogens is 364 g/mol. The summed E-state index contributed by atoms with van der Waals surface area (Å²) in [6.07, 6.45) is 4.65. The van der Waals surface area contributed by atoms with Gasteiger partial charge in [-0.1, -0.05) is 29.8 Å². The molecule has 2 saturated heterocycles. The third-order valence-corrected chi connectivity index (χ3v) is 5.89. The molecule has 27 heavy (non-hydrogen) atoms. The van der Waals surface area contributed by atoms with Crippen LogP contribution in [0, 0.1) is 6.92 Å². The van der Waals surface area contributed by atoms with Crippen LogP contribution in [0.15, 0.2) is 35.3 Å². The van der Waals surface area contributed by atoms with Gasteiger partial charge in [-0.05, 0) is 37.8 Å². The van der Waals surface area contributed by atoms with Crippen molar-refractivity contribution in [3.05, 3.63) is 51.4 Å². The second-order valence-electron chi connectivity index (χ2n) is 7.29. The number of benzene rings is 1. The Morgan fingerprint density at radius 3 is 2.67 bits per heavy atom. The normalized spacial score (nSPS) is 20.4. The van der Waals surface area contributed by atoms with Crippen molar-refractivity contribution in [2.45, 2.75) is 38.3 Å². The number of aromatic nitrogens is 2. The van der Waals surface area contributed by atoms with Gasteiger partial charge in [0.15, 0.2) is 0 Å². The van der Waals surface area contributed by atoms with Crippen molar-refractivity contribution < 1.29 is 4.74 Å². The van der Waals surface area contributed by atoms with Crippen molar-refractivity contribution in [1.82, 2.24) is 9.78 Å². The lowest BCUT2D eigenvalue weighted by molar-refractivity contribution is -0.0410. The van der Waals surface area contributed by atoms with Crippen LogP contribution in [0.3, 0.4) is 0 Å². The predicted octanol–water partition coefficient (Wildman–Crippen LogP) is 3.25. The summed E-state index contributed by atoms with van der Waals surface area (Å²) in [7, 11) is 0. The van der Waals surface area contributed by atoms with Crippen LogP contribution in [0.4, 0.5) is 11.4 Å². The number of para-hydroxylation sites is 1. The quantitative estimate of drug-likeness (QED) is 0.852. The lowest BCUT2D eigenvalue weighted by atomic mass is 10.0. The monoisotopic (exact) mass is 388 g/mol. The third kappa shape index (κ3) is 3.82. The number of hydrogen-bond donors (Lipinski definition) is 1. The van der Waals surface area contributed by atoms with E-state index in [4.69, 9.17) is 16.3 Å². The molecule has 0 aliphatic carbocycles. The summed E-state index contributed by atoms with van der Waals surface area (Å²) in [5.74, 6) is 0. The minimum absolute atomic E-state index is 0.0827. The Hall–Kier alpha value is -2.05. The highest BCUT2D eigenvalue weighted by Crippen LogP contribution is 2.28. The molecule has 0 bridgehead atoms. The van der Waals surface area contributed by atoms with E-state index in [1.807, 2.05) is 0 Å². The van der Waals surface area contributed by atoms with Crippen LogP contribution in [0.25, 0.3) is 0 Å². The van der Waals surface area contributed by atoms with Crippen molar-refractivity contribution >= 4 is 23.0 Å². The Bertz CT molecular complexity index is 857. The highest BCUT2D eigenvalue weighted by atomic mass is 35.5. The minimum atomic E-state index is -0.217. The molecule has 2 aliphatic rings. The first-order valence-corrected chi connectivity index (χ1v) is 9.94. The summed E-state index contributed by atoms with van der Waals surface area (Å²) in [4.78, 5) is 15.1. The van der Waals surface area contributed by atoms with E-state index in [2.05, 4.69) is 46.5 Å². The number of ether oxygens (including phenoxy) is 1. The molecule has 2 aromatic rings. The van der Waals surface area contributed by atoms with Crippen LogP contribution >= 0.6 is 11.6 Å². The van der Waals surface area contributed by atoms with Crippen LogP contribution in [0.1, 0.15) is 30.9 Å². The fourth-order valence-corrected chi connectivity index (χ4v) is 3.97. The molecule has 0 saturated carbocycles. The van der Waals surface area contributed by atoms with Crippen LogP contribution in [0.2, 0.25) is 5.02 Å². The summed E-state index contributed by atoms with van der Waals surface area (Å²) in [6.45, 7) is 5.40. The van der Waals surface area contributed by atoms with E-state index in [1.54, 1.807) is 10.9 Å². The Morgan fingerprint density at radius 2 is 2.00 bits per heavy atom. The average Bonchev–Trinajstić information content (AvgIpc) is 2.65. The first-order chi connectivity index (χ1) is 13.1. The van der Waals surface area contributed by atoms with E-state index in [0.29, 0.717) is 12.2 Å². The molecule has 1 aromatic carbocycles. The van der Waals surface area contributed by atoms with Crippen molar-refractivity contribution in [2.24, 2.45) is 0 Å². The third-order valence-electron chi connectivity index (χ3n) is 5.52. The van der Waals surface area contributed by atoms with E-state index < -0.39 is 0 Å². The first kappa shape index (κ1) is 18.3. The number of piperidine rings is 1. The SMILES string of the molecule is Cc1ccccc1N1CCC(n2ncc(NCC3CCO3)c(Cl)c2=O)CC1. The average molecular weight is 389 g/mol. The van der Waals surface area contributed by atoms with Crippen LogP contribution in [-0.4, -0.2) is 42.1 Å². The Kier molecular flexibility index (Phi) is 5.36. The number of nitrogens with zero attached hydrogens (tertiary/aromatic N) is 3. The van der Waals surface area contributed by atoms with Crippen molar-refractivity contribution in [3.8, 4) is 0 Å². The number of aryl methyl sites for hydroxylation is 1. The maximum atomic E-state index is 12.7. The Morgan fingerprint density at radius 1 is 1.26 bits per heavy atom. The molecule has 2 fully saturated rings. The predicted molar refractivity (Wildman–Crippen MR) is 108 cm³/mol. The molecule has 144 valence electrons. The van der Waals surface area contributed by atoms with E-state index in [-0.39, 0.29) is 22.7 Å². The topological polar surface area (TPSA) is 59.4 Å². The molecular formula is C20H25ClN4O2. The van der Waals surface area contributed by atoms with Gasteiger partial charge in [0.25, 0.3) is 5.56 Å². The van der Waals surface area contributed by atoms with E-state index in [0.717, 1.165) is 39.0 Å². The largest absolute Gasteiger partial charge is 0.380 e. The van der Waals surface area contributed by atoms with Gasteiger partial charge in [-0.15, -0.1) is 0 Å². The van der Waals surface area contributed by atoms with Gasteiger partial charge in [0.2, 0.25) is 0 Å². The lowest BCUT2D eigenvalue weighted by Gasteiger charge is -2.34. The number of halogens is 1. The minimum Gasteiger partial charge on any atom is -0.380 e. The molecule has 1 atom stereocenters. The van der Waals surface area contributed by atoms with Crippen molar-refractivity contribution in [2.75, 3.05) is 36.5 Å². The highest BCUT2D eigenvalue weighted by Gasteiger charge is 2.25. The molecule has 0 spiro atoms. The standard InChI is InChI=1S/C20H25ClN4O2/c1-14-4-2-3-5-18(14)24-9-6-15(7-10-24)25-20(26)19(21)17(13-23-25)22-12-16-8-11-27-16/h2-5,13,15-16,22H,6-12H2,1H3. The molecule has 6 nitrogen and oxygen atoms in total. The Labute approximate surface area is 164 Å². The molecule has 4 rings (SSSR count). The summed E-state index contributed by atoms with van der Waals surface area (Å²) >= 11 is 6.32. The van der Waals surface area contributed by atoms with E-state index in [9.17, 15) is 4.79 Å². The Balaban J connectivity index is 1.42. The zero-order chi connectivity index (χ0) is 18.8. The maximum absolute atomic E-state index is 12.7. The molecule has 3 heterocycles. The van der Waals surface area contributed by atoms with Crippen molar-refractivity contribution in [3.63, 3.8) is 0 Å². The smallest absolute Gasteiger partial charge is 0.287 e. The zero-order valence-electron chi connectivity index (χ0n) is 15.5.